The lowest BCUT2D eigenvalue weighted by molar-refractivity contribution is -0.129. The average Bonchev–Trinajstić information content (AvgIpc) is 2.91. The average molecular weight is 467 g/mol. The van der Waals surface area contributed by atoms with Crippen molar-refractivity contribution in [2.75, 3.05) is 26.7 Å². The van der Waals surface area contributed by atoms with Crippen LogP contribution >= 0.6 is 24.0 Å². The molecule has 0 aliphatic carbocycles. The Morgan fingerprint density at radius 1 is 1.32 bits per heavy atom. The topological polar surface area (TPSA) is 85.8 Å². The predicted molar refractivity (Wildman–Crippen MR) is 112 cm³/mol. The standard InChI is InChI=1S/C17H33N5O2.HI/c1-6-13(22-11-7-8-15(22)24)9-10-19-16(18-5)20-12-14(23)21-17(2,3)4;/h13H,6-12H2,1-5H3,(H,21,23)(H2,18,19,20);1H. The maximum absolute atomic E-state index is 11.8. The highest BCUT2D eigenvalue weighted by atomic mass is 127. The molecule has 0 aromatic rings. The Bertz CT molecular complexity index is 462. The van der Waals surface area contributed by atoms with Crippen LogP contribution in [0.25, 0.3) is 0 Å². The van der Waals surface area contributed by atoms with Crippen LogP contribution < -0.4 is 16.0 Å². The fraction of sp³-hybridized carbons (Fsp3) is 0.824. The third-order valence-electron chi connectivity index (χ3n) is 3.95. The molecule has 1 fully saturated rings. The number of amides is 2. The van der Waals surface area contributed by atoms with Gasteiger partial charge in [-0.05, 0) is 40.0 Å². The van der Waals surface area contributed by atoms with Crippen LogP contribution in [0.2, 0.25) is 0 Å². The van der Waals surface area contributed by atoms with Gasteiger partial charge in [0.15, 0.2) is 5.96 Å². The highest BCUT2D eigenvalue weighted by molar-refractivity contribution is 14.0. The molecule has 8 heteroatoms. The first-order valence-corrected chi connectivity index (χ1v) is 8.81. The van der Waals surface area contributed by atoms with Gasteiger partial charge in [0.25, 0.3) is 0 Å². The van der Waals surface area contributed by atoms with Gasteiger partial charge in [-0.1, -0.05) is 6.92 Å². The molecular weight excluding hydrogens is 433 g/mol. The Morgan fingerprint density at radius 2 is 2.00 bits per heavy atom. The van der Waals surface area contributed by atoms with Crippen molar-refractivity contribution in [3.8, 4) is 0 Å². The van der Waals surface area contributed by atoms with E-state index in [1.165, 1.54) is 0 Å². The van der Waals surface area contributed by atoms with E-state index >= 15 is 0 Å². The first-order valence-electron chi connectivity index (χ1n) is 8.81. The summed E-state index contributed by atoms with van der Waals surface area (Å²) >= 11 is 0. The predicted octanol–water partition coefficient (Wildman–Crippen LogP) is 1.48. The second-order valence-electron chi connectivity index (χ2n) is 7.19. The minimum atomic E-state index is -0.244. The monoisotopic (exact) mass is 467 g/mol. The number of aliphatic imine (C=N–C) groups is 1. The second-order valence-corrected chi connectivity index (χ2v) is 7.19. The van der Waals surface area contributed by atoms with Crippen LogP contribution in [0.3, 0.4) is 0 Å². The van der Waals surface area contributed by atoms with Crippen molar-refractivity contribution in [1.29, 1.82) is 0 Å². The van der Waals surface area contributed by atoms with Crippen LogP contribution in [0.5, 0.6) is 0 Å². The molecule has 7 nitrogen and oxygen atoms in total. The summed E-state index contributed by atoms with van der Waals surface area (Å²) in [6.45, 7) is 9.71. The van der Waals surface area contributed by atoms with Gasteiger partial charge in [-0.15, -0.1) is 24.0 Å². The van der Waals surface area contributed by atoms with Gasteiger partial charge in [0.05, 0.1) is 6.54 Å². The van der Waals surface area contributed by atoms with E-state index in [1.807, 2.05) is 25.7 Å². The van der Waals surface area contributed by atoms with E-state index in [4.69, 9.17) is 0 Å². The van der Waals surface area contributed by atoms with Crippen molar-refractivity contribution < 1.29 is 9.59 Å². The number of carbonyl (C=O) groups is 2. The molecule has 0 spiro atoms. The summed E-state index contributed by atoms with van der Waals surface area (Å²) in [4.78, 5) is 29.8. The summed E-state index contributed by atoms with van der Waals surface area (Å²) in [7, 11) is 1.68. The lowest BCUT2D eigenvalue weighted by atomic mass is 10.1. The molecule has 146 valence electrons. The summed E-state index contributed by atoms with van der Waals surface area (Å²) in [5.74, 6) is 0.796. The molecule has 1 rings (SSSR count). The fourth-order valence-electron chi connectivity index (χ4n) is 2.84. The third-order valence-corrected chi connectivity index (χ3v) is 3.95. The summed E-state index contributed by atoms with van der Waals surface area (Å²) in [5, 5.41) is 9.12. The lowest BCUT2D eigenvalue weighted by Gasteiger charge is -2.27. The first kappa shape index (κ1) is 23.9. The molecule has 1 saturated heterocycles. The Balaban J connectivity index is 0.00000576. The van der Waals surface area contributed by atoms with Gasteiger partial charge in [0.1, 0.15) is 0 Å². The van der Waals surface area contributed by atoms with E-state index < -0.39 is 0 Å². The molecular formula is C17H34IN5O2. The normalized spacial score (nSPS) is 16.3. The minimum Gasteiger partial charge on any atom is -0.356 e. The maximum Gasteiger partial charge on any atom is 0.239 e. The van der Waals surface area contributed by atoms with Gasteiger partial charge < -0.3 is 20.9 Å². The van der Waals surface area contributed by atoms with Crippen LogP contribution in [0.15, 0.2) is 4.99 Å². The summed E-state index contributed by atoms with van der Waals surface area (Å²) in [5.41, 5.74) is -0.244. The lowest BCUT2D eigenvalue weighted by Crippen LogP contribution is -2.48. The summed E-state index contributed by atoms with van der Waals surface area (Å²) in [6.07, 6.45) is 3.47. The van der Waals surface area contributed by atoms with Crippen LogP contribution in [0.1, 0.15) is 53.4 Å². The van der Waals surface area contributed by atoms with Gasteiger partial charge in [0.2, 0.25) is 11.8 Å². The summed E-state index contributed by atoms with van der Waals surface area (Å²) < 4.78 is 0. The van der Waals surface area contributed by atoms with Gasteiger partial charge in [-0.2, -0.15) is 0 Å². The van der Waals surface area contributed by atoms with E-state index in [0.717, 1.165) is 25.8 Å². The number of halogens is 1. The van der Waals surface area contributed by atoms with Crippen molar-refractivity contribution in [2.24, 2.45) is 4.99 Å². The highest BCUT2D eigenvalue weighted by Gasteiger charge is 2.26. The summed E-state index contributed by atoms with van der Waals surface area (Å²) in [6, 6.07) is 0.273. The molecule has 3 N–H and O–H groups in total. The van der Waals surface area contributed by atoms with Crippen molar-refractivity contribution in [1.82, 2.24) is 20.9 Å². The number of likely N-dealkylation sites (tertiary alicyclic amines) is 1. The van der Waals surface area contributed by atoms with Crippen LogP contribution in [-0.2, 0) is 9.59 Å². The number of guanidine groups is 1. The van der Waals surface area contributed by atoms with Gasteiger partial charge in [-0.3, -0.25) is 14.6 Å². The van der Waals surface area contributed by atoms with Crippen LogP contribution in [-0.4, -0.2) is 60.9 Å². The molecule has 25 heavy (non-hydrogen) atoms. The van der Waals surface area contributed by atoms with E-state index in [1.54, 1.807) is 7.05 Å². The van der Waals surface area contributed by atoms with Crippen molar-refractivity contribution >= 4 is 41.8 Å². The van der Waals surface area contributed by atoms with E-state index in [0.29, 0.717) is 18.9 Å². The Kier molecular flexibility index (Phi) is 11.0. The van der Waals surface area contributed by atoms with E-state index in [9.17, 15) is 9.59 Å². The SMILES string of the molecule is CCC(CCNC(=NC)NCC(=O)NC(C)(C)C)N1CCCC1=O.I. The van der Waals surface area contributed by atoms with Crippen LogP contribution in [0.4, 0.5) is 0 Å². The number of rotatable bonds is 7. The van der Waals surface area contributed by atoms with Gasteiger partial charge in [-0.25, -0.2) is 0 Å². The number of hydrogen-bond acceptors (Lipinski definition) is 3. The maximum atomic E-state index is 11.8. The molecule has 1 aliphatic rings. The second kappa shape index (κ2) is 11.5. The molecule has 1 aliphatic heterocycles. The van der Waals surface area contributed by atoms with Gasteiger partial charge >= 0.3 is 0 Å². The number of hydrogen-bond donors (Lipinski definition) is 3. The zero-order valence-electron chi connectivity index (χ0n) is 16.1. The molecule has 0 saturated carbocycles. The highest BCUT2D eigenvalue weighted by Crippen LogP contribution is 2.17. The molecule has 1 atom stereocenters. The quantitative estimate of drug-likeness (QED) is 0.301. The van der Waals surface area contributed by atoms with Crippen LogP contribution in [0, 0.1) is 0 Å². The molecule has 1 unspecified atom stereocenters. The largest absolute Gasteiger partial charge is 0.356 e. The Labute approximate surface area is 168 Å². The number of nitrogens with one attached hydrogen (secondary N) is 3. The number of nitrogens with zero attached hydrogens (tertiary/aromatic N) is 2. The van der Waals surface area contributed by atoms with Gasteiger partial charge in [0, 0.05) is 38.1 Å². The molecule has 0 aromatic heterocycles. The molecule has 0 bridgehead atoms. The fourth-order valence-corrected chi connectivity index (χ4v) is 2.84. The molecule has 0 aromatic carbocycles. The molecule has 2 amide bonds. The first-order chi connectivity index (χ1) is 11.3. The van der Waals surface area contributed by atoms with Crippen molar-refractivity contribution in [3.63, 3.8) is 0 Å². The zero-order chi connectivity index (χ0) is 18.2. The zero-order valence-corrected chi connectivity index (χ0v) is 18.5. The third kappa shape index (κ3) is 9.27. The van der Waals surface area contributed by atoms with Crippen molar-refractivity contribution in [2.45, 2.75) is 65.0 Å². The molecule has 1 heterocycles. The van der Waals surface area contributed by atoms with Crippen molar-refractivity contribution in [3.05, 3.63) is 0 Å². The molecule has 0 radical (unpaired) electrons. The Morgan fingerprint density at radius 3 is 2.48 bits per heavy atom. The van der Waals surface area contributed by atoms with E-state index in [2.05, 4.69) is 27.9 Å². The minimum absolute atomic E-state index is 0. The van der Waals surface area contributed by atoms with E-state index in [-0.39, 0.29) is 53.9 Å². The Hall–Kier alpha value is -1.06. The number of carbonyl (C=O) groups excluding carboxylic acids is 2. The smallest absolute Gasteiger partial charge is 0.239 e.